The SMILES string of the molecule is CC1=C2C(=O)C(=O)C3(C)C(OC(=O)OCC(Cl)Cl)CC4OCC4(C(C)C)C3C(OC(=O)c3ccccc3)C(O)(CC1CC(=O)C(O)C(CC(=O)OC(C)(C)C)c1ccccc1)C2C. The van der Waals surface area contributed by atoms with Gasteiger partial charge >= 0.3 is 18.1 Å². The summed E-state index contributed by atoms with van der Waals surface area (Å²) in [6.45, 7) is 13.3. The Morgan fingerprint density at radius 2 is 1.59 bits per heavy atom. The summed E-state index contributed by atoms with van der Waals surface area (Å²) in [5.74, 6) is -8.60. The Labute approximate surface area is 378 Å². The number of benzene rings is 2. The highest BCUT2D eigenvalue weighted by Crippen LogP contribution is 2.66. The number of carbonyl (C=O) groups is 6. The number of allylic oxidation sites excluding steroid dienone is 1. The van der Waals surface area contributed by atoms with Crippen molar-refractivity contribution in [3.05, 3.63) is 82.9 Å². The van der Waals surface area contributed by atoms with Gasteiger partial charge in [0.25, 0.3) is 0 Å². The van der Waals surface area contributed by atoms with Crippen LogP contribution in [0, 0.1) is 34.5 Å². The van der Waals surface area contributed by atoms with Crippen molar-refractivity contribution in [3.63, 3.8) is 0 Å². The number of aliphatic hydroxyl groups excluding tert-OH is 1. The molecule has 0 spiro atoms. The maximum atomic E-state index is 15.4. The first-order valence-corrected chi connectivity index (χ1v) is 22.3. The van der Waals surface area contributed by atoms with E-state index in [4.69, 9.17) is 46.9 Å². The summed E-state index contributed by atoms with van der Waals surface area (Å²) in [5.41, 5.74) is -4.99. The lowest BCUT2D eigenvalue weighted by Crippen LogP contribution is -2.78. The van der Waals surface area contributed by atoms with Crippen molar-refractivity contribution < 1.29 is 62.7 Å². The lowest BCUT2D eigenvalue weighted by atomic mass is 9.41. The molecule has 2 saturated carbocycles. The van der Waals surface area contributed by atoms with Crippen molar-refractivity contribution >= 4 is 58.6 Å². The van der Waals surface area contributed by atoms with Gasteiger partial charge in [-0.05, 0) is 70.6 Å². The van der Waals surface area contributed by atoms with E-state index in [0.29, 0.717) is 11.1 Å². The van der Waals surface area contributed by atoms with Crippen LogP contribution in [0.25, 0.3) is 0 Å². The lowest BCUT2D eigenvalue weighted by molar-refractivity contribution is -0.325. The standard InChI is InChI=1S/C48H58Cl2O13/c1-25(2)47-24-60-34(47)21-33(61-44(57)59-23-35(49)50)46(8)40(47)42(62-43(56)29-17-13-10-14-18-29)48(58)22-30(26(3)37(27(48)4)39(54)41(46)55)19-32(51)38(53)31(28-15-11-9-12-16-28)20-36(52)63-45(5,6)7/h9-18,25,27,30-31,33-35,38,40,42,53,58H,19-24H2,1-8H3. The van der Waals surface area contributed by atoms with Crippen molar-refractivity contribution in [3.8, 4) is 0 Å². The Balaban J connectivity index is 1.48. The van der Waals surface area contributed by atoms with Gasteiger partial charge in [-0.3, -0.25) is 19.2 Å². The quantitative estimate of drug-likeness (QED) is 0.0883. The molecule has 0 radical (unpaired) electrons. The first-order chi connectivity index (χ1) is 29.5. The molecule has 11 unspecified atom stereocenters. The Morgan fingerprint density at radius 3 is 2.14 bits per heavy atom. The van der Waals surface area contributed by atoms with E-state index >= 15 is 9.59 Å². The predicted molar refractivity (Wildman–Crippen MR) is 231 cm³/mol. The third-order valence-corrected chi connectivity index (χ3v) is 14.3. The second-order valence-electron chi connectivity index (χ2n) is 19.1. The van der Waals surface area contributed by atoms with Crippen LogP contribution in [-0.4, -0.2) is 99.3 Å². The van der Waals surface area contributed by atoms with Gasteiger partial charge in [-0.1, -0.05) is 74.9 Å². The van der Waals surface area contributed by atoms with Crippen molar-refractivity contribution in [2.24, 2.45) is 34.5 Å². The topological polar surface area (TPSA) is 189 Å². The lowest BCUT2D eigenvalue weighted by Gasteiger charge is -2.68. The summed E-state index contributed by atoms with van der Waals surface area (Å²) >= 11 is 11.7. The zero-order chi connectivity index (χ0) is 46.4. The summed E-state index contributed by atoms with van der Waals surface area (Å²) < 4.78 is 29.3. The van der Waals surface area contributed by atoms with Crippen molar-refractivity contribution in [2.45, 2.75) is 127 Å². The fourth-order valence-corrected chi connectivity index (χ4v) is 10.9. The summed E-state index contributed by atoms with van der Waals surface area (Å²) in [5, 5.41) is 25.4. The van der Waals surface area contributed by atoms with E-state index in [1.807, 2.05) is 13.8 Å². The van der Waals surface area contributed by atoms with Gasteiger partial charge in [0, 0.05) is 41.6 Å². The number of rotatable bonds is 13. The van der Waals surface area contributed by atoms with Gasteiger partial charge in [0.1, 0.15) is 41.0 Å². The molecule has 342 valence electrons. The minimum atomic E-state index is -2.14. The summed E-state index contributed by atoms with van der Waals surface area (Å²) in [4.78, 5) is 84.5. The van der Waals surface area contributed by atoms with E-state index in [9.17, 15) is 29.4 Å². The maximum Gasteiger partial charge on any atom is 0.508 e. The molecule has 11 atom stereocenters. The molecule has 3 aliphatic carbocycles. The molecule has 2 aromatic carbocycles. The summed E-state index contributed by atoms with van der Waals surface area (Å²) in [7, 11) is 0. The highest BCUT2D eigenvalue weighted by molar-refractivity contribution is 6.46. The van der Waals surface area contributed by atoms with E-state index in [0.717, 1.165) is 0 Å². The van der Waals surface area contributed by atoms with Crippen LogP contribution in [0.3, 0.4) is 0 Å². The zero-order valence-corrected chi connectivity index (χ0v) is 38.4. The van der Waals surface area contributed by atoms with Crippen LogP contribution in [0.1, 0.15) is 103 Å². The maximum absolute atomic E-state index is 15.4. The highest BCUT2D eigenvalue weighted by atomic mass is 35.5. The molecule has 15 heteroatoms. The monoisotopic (exact) mass is 912 g/mol. The van der Waals surface area contributed by atoms with Crippen LogP contribution in [0.15, 0.2) is 71.8 Å². The van der Waals surface area contributed by atoms with E-state index in [1.165, 1.54) is 6.92 Å². The molecule has 13 nitrogen and oxygen atoms in total. The van der Waals surface area contributed by atoms with Crippen LogP contribution < -0.4 is 0 Å². The number of esters is 2. The van der Waals surface area contributed by atoms with Crippen LogP contribution in [0.2, 0.25) is 0 Å². The molecule has 1 saturated heterocycles. The molecule has 1 heterocycles. The van der Waals surface area contributed by atoms with Gasteiger partial charge in [0.05, 0.1) is 30.1 Å². The highest BCUT2D eigenvalue weighted by Gasteiger charge is 2.76. The average molecular weight is 914 g/mol. The van der Waals surface area contributed by atoms with E-state index in [1.54, 1.807) is 95.3 Å². The minimum absolute atomic E-state index is 0.0310. The molecular weight excluding hydrogens is 855 g/mol. The molecule has 2 N–H and O–H groups in total. The fraction of sp³-hybridized carbons (Fsp3) is 0.583. The Hall–Kier alpha value is -4.14. The number of alkyl halides is 2. The number of hydrogen-bond donors (Lipinski definition) is 2. The van der Waals surface area contributed by atoms with Gasteiger partial charge in [-0.15, -0.1) is 23.2 Å². The molecular formula is C48H58Cl2O13. The van der Waals surface area contributed by atoms with Gasteiger partial charge in [0.2, 0.25) is 11.6 Å². The second-order valence-corrected chi connectivity index (χ2v) is 20.4. The third-order valence-electron chi connectivity index (χ3n) is 14.1. The Kier molecular flexibility index (Phi) is 14.1. The Morgan fingerprint density at radius 1 is 0.968 bits per heavy atom. The van der Waals surface area contributed by atoms with Gasteiger partial charge in [-0.25, -0.2) is 9.59 Å². The normalized spacial score (nSPS) is 31.4. The number of carbonyl (C=O) groups excluding carboxylic acids is 6. The molecule has 2 aromatic rings. The van der Waals surface area contributed by atoms with E-state index in [-0.39, 0.29) is 42.9 Å². The molecule has 3 fully saturated rings. The number of fused-ring (bicyclic) bond motifs is 5. The van der Waals surface area contributed by atoms with Crippen LogP contribution in [-0.2, 0) is 42.9 Å². The molecule has 63 heavy (non-hydrogen) atoms. The summed E-state index contributed by atoms with van der Waals surface area (Å²) in [6.07, 6.45) is -7.56. The largest absolute Gasteiger partial charge is 0.508 e. The molecule has 1 aliphatic heterocycles. The van der Waals surface area contributed by atoms with Crippen LogP contribution in [0.5, 0.6) is 0 Å². The molecule has 6 rings (SSSR count). The number of aliphatic hydroxyl groups is 2. The number of hydrogen-bond acceptors (Lipinski definition) is 13. The van der Waals surface area contributed by atoms with Crippen LogP contribution in [0.4, 0.5) is 4.79 Å². The van der Waals surface area contributed by atoms with E-state index < -0.39 is 123 Å². The zero-order valence-electron chi connectivity index (χ0n) is 36.9. The number of ketones is 3. The van der Waals surface area contributed by atoms with Crippen molar-refractivity contribution in [2.75, 3.05) is 13.2 Å². The number of ether oxygens (including phenoxy) is 5. The fourth-order valence-electron chi connectivity index (χ4n) is 10.7. The molecule has 2 bridgehead atoms. The molecule has 0 amide bonds. The minimum Gasteiger partial charge on any atom is -0.460 e. The Bertz CT molecular complexity index is 2120. The molecule has 0 aromatic heterocycles. The second kappa shape index (κ2) is 18.4. The van der Waals surface area contributed by atoms with Gasteiger partial charge in [0.15, 0.2) is 5.78 Å². The van der Waals surface area contributed by atoms with Crippen molar-refractivity contribution in [1.29, 1.82) is 0 Å². The number of halogens is 2. The first kappa shape index (κ1) is 48.3. The van der Waals surface area contributed by atoms with Gasteiger partial charge < -0.3 is 33.9 Å². The average Bonchev–Trinajstić information content (AvgIpc) is 3.21. The smallest absolute Gasteiger partial charge is 0.460 e. The first-order valence-electron chi connectivity index (χ1n) is 21.5. The van der Waals surface area contributed by atoms with Crippen molar-refractivity contribution in [1.82, 2.24) is 0 Å². The van der Waals surface area contributed by atoms with Gasteiger partial charge in [-0.2, -0.15) is 0 Å². The van der Waals surface area contributed by atoms with Crippen LogP contribution >= 0.6 is 23.2 Å². The summed E-state index contributed by atoms with van der Waals surface area (Å²) in [6, 6.07) is 16.7. The third kappa shape index (κ3) is 9.10. The molecule has 4 aliphatic rings. The predicted octanol–water partition coefficient (Wildman–Crippen LogP) is 7.30. The number of Topliss-reactive ketones (excluding diaryl/α,β-unsaturated/α-hetero) is 3. The van der Waals surface area contributed by atoms with E-state index in [2.05, 4.69) is 0 Å².